The molecule has 0 saturated carbocycles. The Kier molecular flexibility index (Phi) is 8.19. The fourth-order valence-electron chi connectivity index (χ4n) is 8.58. The van der Waals surface area contributed by atoms with Gasteiger partial charge in [-0.05, 0) is 101 Å². The average Bonchev–Trinajstić information content (AvgIpc) is 3.31. The van der Waals surface area contributed by atoms with Gasteiger partial charge in [0.1, 0.15) is 0 Å². The summed E-state index contributed by atoms with van der Waals surface area (Å²) in [6, 6.07) is 78.2. The van der Waals surface area contributed by atoms with Crippen LogP contribution in [-0.4, -0.2) is 9.97 Å². The largest absolute Gasteiger partial charge is 0.228 e. The lowest BCUT2D eigenvalue weighted by Crippen LogP contribution is -1.97. The third kappa shape index (κ3) is 6.00. The van der Waals surface area contributed by atoms with E-state index in [1.807, 2.05) is 0 Å². The SMILES string of the molecule is c1ccc(-c2cccc(-c3cc(-c4ccccc4-c4ccc5ccccc5c4)nc(-c4ccc(-c5c6ccccc6cc6c5ccc5ccccc56)cc4)n3)c2)cc1. The number of hydrogen-bond donors (Lipinski definition) is 0. The highest BCUT2D eigenvalue weighted by molar-refractivity contribution is 6.20. The summed E-state index contributed by atoms with van der Waals surface area (Å²) in [5, 5.41) is 9.92. The molecule has 58 heavy (non-hydrogen) atoms. The molecule has 0 fully saturated rings. The average molecular weight is 737 g/mol. The number of fused-ring (bicyclic) bond motifs is 5. The maximum Gasteiger partial charge on any atom is 0.160 e. The zero-order valence-corrected chi connectivity index (χ0v) is 31.7. The Morgan fingerprint density at radius 1 is 0.241 bits per heavy atom. The quantitative estimate of drug-likeness (QED) is 0.125. The minimum absolute atomic E-state index is 0.686. The molecule has 11 aromatic rings. The van der Waals surface area contributed by atoms with Gasteiger partial charge in [-0.3, -0.25) is 0 Å². The standard InChI is InChI=1S/C56H36N2/c1-2-13-37(14-3-1)43-19-12-20-46(34-43)53-36-54(50-24-11-10-22-48(50)45-30-25-38-15-4-5-17-42(38)33-45)58-56(57-53)41-28-26-40(27-29-41)55-49-23-9-7-18-44(49)35-52-47-21-8-6-16-39(47)31-32-51(52)55/h1-36H. The molecule has 0 amide bonds. The summed E-state index contributed by atoms with van der Waals surface area (Å²) in [7, 11) is 0. The van der Waals surface area contributed by atoms with E-state index in [4.69, 9.17) is 9.97 Å². The molecule has 0 radical (unpaired) electrons. The molecular formula is C56H36N2. The monoisotopic (exact) mass is 736 g/mol. The third-order valence-corrected chi connectivity index (χ3v) is 11.5. The van der Waals surface area contributed by atoms with Crippen molar-refractivity contribution in [3.05, 3.63) is 218 Å². The van der Waals surface area contributed by atoms with E-state index in [1.54, 1.807) is 0 Å². The van der Waals surface area contributed by atoms with E-state index in [1.165, 1.54) is 54.2 Å². The van der Waals surface area contributed by atoms with Crippen molar-refractivity contribution in [3.63, 3.8) is 0 Å². The van der Waals surface area contributed by atoms with Crippen LogP contribution >= 0.6 is 0 Å². The van der Waals surface area contributed by atoms with Crippen molar-refractivity contribution in [1.29, 1.82) is 0 Å². The Morgan fingerprint density at radius 2 is 0.845 bits per heavy atom. The number of rotatable bonds is 6. The molecule has 0 aliphatic heterocycles. The van der Waals surface area contributed by atoms with Gasteiger partial charge in [-0.2, -0.15) is 0 Å². The van der Waals surface area contributed by atoms with Crippen LogP contribution in [0.15, 0.2) is 218 Å². The van der Waals surface area contributed by atoms with Gasteiger partial charge in [-0.25, -0.2) is 9.97 Å². The second kappa shape index (κ2) is 14.1. The maximum atomic E-state index is 5.35. The highest BCUT2D eigenvalue weighted by Gasteiger charge is 2.17. The Hall–Kier alpha value is -7.68. The molecular weight excluding hydrogens is 701 g/mol. The van der Waals surface area contributed by atoms with Crippen molar-refractivity contribution < 1.29 is 0 Å². The predicted molar refractivity (Wildman–Crippen MR) is 245 cm³/mol. The van der Waals surface area contributed by atoms with Crippen molar-refractivity contribution in [1.82, 2.24) is 9.97 Å². The molecule has 1 heterocycles. The predicted octanol–water partition coefficient (Wildman–Crippen LogP) is 15.1. The summed E-state index contributed by atoms with van der Waals surface area (Å²) >= 11 is 0. The second-order valence-corrected chi connectivity index (χ2v) is 14.9. The topological polar surface area (TPSA) is 25.8 Å². The Morgan fingerprint density at radius 3 is 1.69 bits per heavy atom. The van der Waals surface area contributed by atoms with Crippen LogP contribution in [0.3, 0.4) is 0 Å². The molecule has 0 unspecified atom stereocenters. The van der Waals surface area contributed by atoms with Gasteiger partial charge in [0.05, 0.1) is 11.4 Å². The van der Waals surface area contributed by atoms with Crippen LogP contribution in [0, 0.1) is 0 Å². The van der Waals surface area contributed by atoms with Crippen molar-refractivity contribution >= 4 is 43.1 Å². The fourth-order valence-corrected chi connectivity index (χ4v) is 8.58. The minimum atomic E-state index is 0.686. The Bertz CT molecular complexity index is 3330. The molecule has 0 aliphatic carbocycles. The van der Waals surface area contributed by atoms with Crippen molar-refractivity contribution in [3.8, 4) is 67.3 Å². The van der Waals surface area contributed by atoms with Gasteiger partial charge in [0.25, 0.3) is 0 Å². The second-order valence-electron chi connectivity index (χ2n) is 14.9. The summed E-state index contributed by atoms with van der Waals surface area (Å²) in [4.78, 5) is 10.7. The molecule has 2 nitrogen and oxygen atoms in total. The summed E-state index contributed by atoms with van der Waals surface area (Å²) in [5.41, 5.74) is 11.8. The molecule has 0 bridgehead atoms. The van der Waals surface area contributed by atoms with Gasteiger partial charge >= 0.3 is 0 Å². The number of aromatic nitrogens is 2. The molecule has 0 spiro atoms. The molecule has 0 aliphatic rings. The lowest BCUT2D eigenvalue weighted by Gasteiger charge is -2.15. The van der Waals surface area contributed by atoms with E-state index in [-0.39, 0.29) is 0 Å². The molecule has 270 valence electrons. The first kappa shape index (κ1) is 33.6. The maximum absolute atomic E-state index is 5.35. The smallest absolute Gasteiger partial charge is 0.160 e. The first-order valence-corrected chi connectivity index (χ1v) is 19.8. The van der Waals surface area contributed by atoms with E-state index < -0.39 is 0 Å². The summed E-state index contributed by atoms with van der Waals surface area (Å²) in [6.45, 7) is 0. The van der Waals surface area contributed by atoms with Gasteiger partial charge in [0.15, 0.2) is 5.82 Å². The summed E-state index contributed by atoms with van der Waals surface area (Å²) in [6.07, 6.45) is 0. The van der Waals surface area contributed by atoms with Crippen molar-refractivity contribution in [2.24, 2.45) is 0 Å². The summed E-state index contributed by atoms with van der Waals surface area (Å²) in [5.74, 6) is 0.686. The molecule has 11 rings (SSSR count). The van der Waals surface area contributed by atoms with Crippen LogP contribution in [0.4, 0.5) is 0 Å². The van der Waals surface area contributed by atoms with Crippen LogP contribution in [0.5, 0.6) is 0 Å². The molecule has 2 heteroatoms. The summed E-state index contributed by atoms with van der Waals surface area (Å²) < 4.78 is 0. The van der Waals surface area contributed by atoms with Crippen LogP contribution < -0.4 is 0 Å². The Balaban J connectivity index is 1.08. The normalized spacial score (nSPS) is 11.4. The van der Waals surface area contributed by atoms with E-state index in [0.29, 0.717) is 5.82 Å². The van der Waals surface area contributed by atoms with Gasteiger partial charge in [0, 0.05) is 16.7 Å². The van der Waals surface area contributed by atoms with Crippen LogP contribution in [-0.2, 0) is 0 Å². The highest BCUT2D eigenvalue weighted by atomic mass is 14.9. The number of nitrogens with zero attached hydrogens (tertiary/aromatic N) is 2. The zero-order valence-electron chi connectivity index (χ0n) is 31.7. The molecule has 0 N–H and O–H groups in total. The molecule has 0 atom stereocenters. The van der Waals surface area contributed by atoms with E-state index in [9.17, 15) is 0 Å². The van der Waals surface area contributed by atoms with Gasteiger partial charge in [-0.15, -0.1) is 0 Å². The van der Waals surface area contributed by atoms with Crippen molar-refractivity contribution in [2.45, 2.75) is 0 Å². The fraction of sp³-hybridized carbons (Fsp3) is 0. The minimum Gasteiger partial charge on any atom is -0.228 e. The van der Waals surface area contributed by atoms with Crippen LogP contribution in [0.2, 0.25) is 0 Å². The molecule has 1 aromatic heterocycles. The van der Waals surface area contributed by atoms with Crippen LogP contribution in [0.1, 0.15) is 0 Å². The molecule has 10 aromatic carbocycles. The van der Waals surface area contributed by atoms with Gasteiger partial charge in [-0.1, -0.05) is 194 Å². The van der Waals surface area contributed by atoms with E-state index >= 15 is 0 Å². The van der Waals surface area contributed by atoms with Gasteiger partial charge < -0.3 is 0 Å². The molecule has 0 saturated heterocycles. The highest BCUT2D eigenvalue weighted by Crippen LogP contribution is 2.41. The van der Waals surface area contributed by atoms with Gasteiger partial charge in [0.2, 0.25) is 0 Å². The lowest BCUT2D eigenvalue weighted by atomic mass is 9.89. The van der Waals surface area contributed by atoms with Crippen molar-refractivity contribution in [2.75, 3.05) is 0 Å². The number of hydrogen-bond acceptors (Lipinski definition) is 2. The Labute approximate surface area is 337 Å². The van der Waals surface area contributed by atoms with Crippen LogP contribution in [0.25, 0.3) is 110 Å². The zero-order chi connectivity index (χ0) is 38.4. The third-order valence-electron chi connectivity index (χ3n) is 11.5. The first-order chi connectivity index (χ1) is 28.7. The first-order valence-electron chi connectivity index (χ1n) is 19.8. The van der Waals surface area contributed by atoms with E-state index in [2.05, 4.69) is 218 Å². The lowest BCUT2D eigenvalue weighted by molar-refractivity contribution is 1.18. The van der Waals surface area contributed by atoms with E-state index in [0.717, 1.165) is 50.3 Å². The number of benzene rings is 10.